The normalized spacial score (nSPS) is 18.5. The first kappa shape index (κ1) is 15.2. The Morgan fingerprint density at radius 1 is 1.67 bits per heavy atom. The number of hydrogen-bond acceptors (Lipinski definition) is 6. The average molecular weight is 289 g/mol. The lowest BCUT2D eigenvalue weighted by Crippen LogP contribution is -2.48. The summed E-state index contributed by atoms with van der Waals surface area (Å²) in [6.45, 7) is 2.92. The molecule has 2 heterocycles. The summed E-state index contributed by atoms with van der Waals surface area (Å²) >= 11 is 0. The Labute approximate surface area is 123 Å². The first-order chi connectivity index (χ1) is 10.1. The van der Waals surface area contributed by atoms with E-state index < -0.39 is 0 Å². The molecule has 2 rings (SSSR count). The molecule has 0 radical (unpaired) electrons. The highest BCUT2D eigenvalue weighted by Gasteiger charge is 2.23. The number of rotatable bonds is 5. The zero-order valence-electron chi connectivity index (χ0n) is 12.0. The Kier molecular flexibility index (Phi) is 5.09. The molecule has 1 saturated heterocycles. The van der Waals surface area contributed by atoms with E-state index in [2.05, 4.69) is 16.0 Å². The van der Waals surface area contributed by atoms with Crippen molar-refractivity contribution in [3.63, 3.8) is 0 Å². The number of carbonyl (C=O) groups is 1. The first-order valence-corrected chi connectivity index (χ1v) is 6.78. The second-order valence-electron chi connectivity index (χ2n) is 5.12. The van der Waals surface area contributed by atoms with Crippen LogP contribution >= 0.6 is 0 Å². The molecule has 0 unspecified atom stereocenters. The molecule has 1 aromatic rings. The van der Waals surface area contributed by atoms with Gasteiger partial charge in [-0.1, -0.05) is 0 Å². The van der Waals surface area contributed by atoms with Gasteiger partial charge in [0.15, 0.2) is 0 Å². The number of amides is 1. The van der Waals surface area contributed by atoms with Gasteiger partial charge in [0.25, 0.3) is 0 Å². The monoisotopic (exact) mass is 289 g/mol. The smallest absolute Gasteiger partial charge is 0.231 e. The summed E-state index contributed by atoms with van der Waals surface area (Å²) < 4.78 is 5.71. The number of morpholine rings is 1. The Morgan fingerprint density at radius 2 is 2.48 bits per heavy atom. The predicted molar refractivity (Wildman–Crippen MR) is 77.6 cm³/mol. The summed E-state index contributed by atoms with van der Waals surface area (Å²) in [5.74, 6) is 0.485. The zero-order valence-corrected chi connectivity index (χ0v) is 12.0. The maximum Gasteiger partial charge on any atom is 0.231 e. The molecule has 21 heavy (non-hydrogen) atoms. The number of anilines is 1. The first-order valence-electron chi connectivity index (χ1n) is 6.78. The maximum absolute atomic E-state index is 10.9. The van der Waals surface area contributed by atoms with Crippen LogP contribution in [0.4, 0.5) is 5.82 Å². The van der Waals surface area contributed by atoms with Gasteiger partial charge >= 0.3 is 0 Å². The second kappa shape index (κ2) is 7.02. The fourth-order valence-electron chi connectivity index (χ4n) is 2.36. The van der Waals surface area contributed by atoms with E-state index in [9.17, 15) is 4.79 Å². The molecule has 0 spiro atoms. The van der Waals surface area contributed by atoms with Crippen molar-refractivity contribution >= 4 is 11.7 Å². The molecule has 7 heteroatoms. The van der Waals surface area contributed by atoms with Crippen molar-refractivity contribution < 1.29 is 9.53 Å². The summed E-state index contributed by atoms with van der Waals surface area (Å²) in [5.41, 5.74) is 5.72. The number of ether oxygens (including phenoxy) is 1. The number of pyridine rings is 1. The van der Waals surface area contributed by atoms with Crippen LogP contribution in [-0.2, 0) is 9.53 Å². The average Bonchev–Trinajstić information content (AvgIpc) is 2.46. The van der Waals surface area contributed by atoms with E-state index in [0.717, 1.165) is 12.4 Å². The number of hydrogen-bond donors (Lipinski definition) is 1. The Hall–Kier alpha value is -2.17. The lowest BCUT2D eigenvalue weighted by atomic mass is 10.2. The van der Waals surface area contributed by atoms with E-state index in [4.69, 9.17) is 15.7 Å². The topological polar surface area (TPSA) is 95.5 Å². The van der Waals surface area contributed by atoms with Gasteiger partial charge in [0.1, 0.15) is 11.9 Å². The second-order valence-corrected chi connectivity index (χ2v) is 5.12. The van der Waals surface area contributed by atoms with Gasteiger partial charge in [0, 0.05) is 25.8 Å². The fourth-order valence-corrected chi connectivity index (χ4v) is 2.36. The fraction of sp³-hybridized carbons (Fsp3) is 0.500. The van der Waals surface area contributed by atoms with Gasteiger partial charge in [-0.2, -0.15) is 5.26 Å². The molecule has 0 bridgehead atoms. The van der Waals surface area contributed by atoms with Crippen molar-refractivity contribution in [2.24, 2.45) is 5.73 Å². The van der Waals surface area contributed by atoms with Crippen molar-refractivity contribution in [1.82, 2.24) is 9.88 Å². The predicted octanol–water partition coefficient (Wildman–Crippen LogP) is -0.424. The third kappa shape index (κ3) is 4.41. The van der Waals surface area contributed by atoms with Crippen molar-refractivity contribution in [2.75, 3.05) is 44.7 Å². The van der Waals surface area contributed by atoms with Crippen molar-refractivity contribution in [3.8, 4) is 6.07 Å². The van der Waals surface area contributed by atoms with Gasteiger partial charge < -0.3 is 15.4 Å². The van der Waals surface area contributed by atoms with Crippen molar-refractivity contribution in [3.05, 3.63) is 23.9 Å². The summed E-state index contributed by atoms with van der Waals surface area (Å²) in [6.07, 6.45) is 1.57. The van der Waals surface area contributed by atoms with Crippen LogP contribution in [0.25, 0.3) is 0 Å². The quantitative estimate of drug-likeness (QED) is 0.790. The molecule has 0 saturated carbocycles. The lowest BCUT2D eigenvalue weighted by Gasteiger charge is -2.35. The number of primary amides is 1. The molecular formula is C14H19N5O2. The molecule has 1 aromatic heterocycles. The minimum Gasteiger partial charge on any atom is -0.373 e. The Balaban J connectivity index is 1.93. The molecule has 0 aromatic carbocycles. The highest BCUT2D eigenvalue weighted by molar-refractivity contribution is 5.75. The minimum atomic E-state index is -0.348. The van der Waals surface area contributed by atoms with E-state index in [0.29, 0.717) is 25.3 Å². The van der Waals surface area contributed by atoms with Gasteiger partial charge in [-0.3, -0.25) is 9.69 Å². The maximum atomic E-state index is 10.9. The number of likely N-dealkylation sites (N-methyl/N-ethyl adjacent to an activating group) is 1. The summed E-state index contributed by atoms with van der Waals surface area (Å²) in [7, 11) is 1.84. The van der Waals surface area contributed by atoms with Crippen LogP contribution in [-0.4, -0.2) is 61.7 Å². The lowest BCUT2D eigenvalue weighted by molar-refractivity contribution is -0.119. The van der Waals surface area contributed by atoms with Crippen LogP contribution in [0, 0.1) is 11.3 Å². The van der Waals surface area contributed by atoms with E-state index >= 15 is 0 Å². The minimum absolute atomic E-state index is 0.000503. The number of nitrogens with two attached hydrogens (primary N) is 1. The molecule has 112 valence electrons. The zero-order chi connectivity index (χ0) is 15.2. The van der Waals surface area contributed by atoms with Crippen LogP contribution in [0.5, 0.6) is 0 Å². The van der Waals surface area contributed by atoms with E-state index in [-0.39, 0.29) is 18.6 Å². The molecule has 1 fully saturated rings. The van der Waals surface area contributed by atoms with E-state index in [1.54, 1.807) is 12.3 Å². The van der Waals surface area contributed by atoms with Gasteiger partial charge in [-0.25, -0.2) is 4.98 Å². The largest absolute Gasteiger partial charge is 0.373 e. The molecule has 7 nitrogen and oxygen atoms in total. The Morgan fingerprint density at radius 3 is 3.10 bits per heavy atom. The molecular weight excluding hydrogens is 270 g/mol. The molecule has 1 aliphatic heterocycles. The third-order valence-corrected chi connectivity index (χ3v) is 3.28. The SMILES string of the molecule is CN(CC(N)=O)C[C@@H]1CN(c2ccc(C#N)cn2)CCO1. The summed E-state index contributed by atoms with van der Waals surface area (Å²) in [5, 5.41) is 8.79. The molecule has 0 aliphatic carbocycles. The number of nitriles is 1. The number of carbonyl (C=O) groups excluding carboxylic acids is 1. The molecule has 1 amide bonds. The summed E-state index contributed by atoms with van der Waals surface area (Å²) in [6, 6.07) is 5.65. The number of nitrogens with zero attached hydrogens (tertiary/aromatic N) is 4. The van der Waals surface area contributed by atoms with Gasteiger partial charge in [-0.15, -0.1) is 0 Å². The number of aromatic nitrogens is 1. The standard InChI is InChI=1S/C14H19N5O2/c1-18(10-13(16)20)8-12-9-19(4-5-21-12)14-3-2-11(6-15)7-17-14/h2-3,7,12H,4-5,8-10H2,1H3,(H2,16,20)/t12-/m1/s1. The third-order valence-electron chi connectivity index (χ3n) is 3.28. The highest BCUT2D eigenvalue weighted by atomic mass is 16.5. The van der Waals surface area contributed by atoms with Crippen molar-refractivity contribution in [1.29, 1.82) is 5.26 Å². The molecule has 1 atom stereocenters. The highest BCUT2D eigenvalue weighted by Crippen LogP contribution is 2.15. The van der Waals surface area contributed by atoms with Crippen LogP contribution < -0.4 is 10.6 Å². The van der Waals surface area contributed by atoms with Crippen LogP contribution in [0.15, 0.2) is 18.3 Å². The molecule has 2 N–H and O–H groups in total. The van der Waals surface area contributed by atoms with Gasteiger partial charge in [0.2, 0.25) is 5.91 Å². The van der Waals surface area contributed by atoms with Gasteiger partial charge in [-0.05, 0) is 19.2 Å². The summed E-state index contributed by atoms with van der Waals surface area (Å²) in [4.78, 5) is 19.2. The van der Waals surface area contributed by atoms with Gasteiger partial charge in [0.05, 0.1) is 24.8 Å². The van der Waals surface area contributed by atoms with E-state index in [1.165, 1.54) is 0 Å². The van der Waals surface area contributed by atoms with E-state index in [1.807, 2.05) is 18.0 Å². The van der Waals surface area contributed by atoms with Crippen LogP contribution in [0.1, 0.15) is 5.56 Å². The van der Waals surface area contributed by atoms with Crippen molar-refractivity contribution in [2.45, 2.75) is 6.10 Å². The van der Waals surface area contributed by atoms with Crippen LogP contribution in [0.2, 0.25) is 0 Å². The molecule has 1 aliphatic rings. The Bertz CT molecular complexity index is 525. The van der Waals surface area contributed by atoms with Crippen LogP contribution in [0.3, 0.4) is 0 Å².